The smallest absolute Gasteiger partial charge is 0.325 e. The number of benzene rings is 2. The summed E-state index contributed by atoms with van der Waals surface area (Å²) in [6.07, 6.45) is 0. The van der Waals surface area contributed by atoms with Crippen LogP contribution in [0.2, 0.25) is 0 Å². The largest absolute Gasteiger partial charge is 0.495 e. The first kappa shape index (κ1) is 17.6. The summed E-state index contributed by atoms with van der Waals surface area (Å²) in [5.74, 6) is 0.219. The minimum Gasteiger partial charge on any atom is -0.495 e. The summed E-state index contributed by atoms with van der Waals surface area (Å²) in [7, 11) is 1.52. The highest BCUT2D eigenvalue weighted by molar-refractivity contribution is 7.15. The predicted octanol–water partition coefficient (Wildman–Crippen LogP) is 3.91. The van der Waals surface area contributed by atoms with Crippen LogP contribution in [0.4, 0.5) is 20.0 Å². The Kier molecular flexibility index (Phi) is 5.59. The highest BCUT2D eigenvalue weighted by Gasteiger charge is 2.11. The zero-order valence-electron chi connectivity index (χ0n) is 13.7. The molecule has 0 saturated carbocycles. The maximum Gasteiger partial charge on any atom is 0.325 e. The number of hydrogen-bond donors (Lipinski definition) is 2. The number of para-hydroxylation sites is 3. The van der Waals surface area contributed by atoms with Crippen LogP contribution >= 0.6 is 11.3 Å². The number of amides is 2. The van der Waals surface area contributed by atoms with Crippen LogP contribution in [0.15, 0.2) is 48.5 Å². The highest BCUT2D eigenvalue weighted by atomic mass is 32.1. The van der Waals surface area contributed by atoms with Crippen molar-refractivity contribution in [2.24, 2.45) is 0 Å². The summed E-state index contributed by atoms with van der Waals surface area (Å²) in [6.45, 7) is 0.0500. The summed E-state index contributed by atoms with van der Waals surface area (Å²) in [4.78, 5) is 12.1. The molecule has 2 N–H and O–H groups in total. The molecule has 1 aromatic heterocycles. The second kappa shape index (κ2) is 8.26. The lowest BCUT2D eigenvalue weighted by Crippen LogP contribution is -2.19. The molecule has 2 aromatic carbocycles. The van der Waals surface area contributed by atoms with Gasteiger partial charge in [0.15, 0.2) is 16.6 Å². The molecule has 9 heteroatoms. The van der Waals surface area contributed by atoms with Gasteiger partial charge in [0.2, 0.25) is 5.13 Å². The summed E-state index contributed by atoms with van der Waals surface area (Å²) in [5.41, 5.74) is 0.528. The molecule has 0 aliphatic carbocycles. The second-order valence-corrected chi connectivity index (χ2v) is 6.06. The van der Waals surface area contributed by atoms with E-state index in [0.29, 0.717) is 21.6 Å². The molecule has 7 nitrogen and oxygen atoms in total. The highest BCUT2D eigenvalue weighted by Crippen LogP contribution is 2.24. The van der Waals surface area contributed by atoms with Crippen molar-refractivity contribution in [2.45, 2.75) is 6.61 Å². The van der Waals surface area contributed by atoms with Gasteiger partial charge in [0, 0.05) is 0 Å². The Hall–Kier alpha value is -3.20. The SMILES string of the molecule is COc1ccccc1NC(=O)Nc1nnc(COc2ccccc2F)s1. The van der Waals surface area contributed by atoms with Crippen molar-refractivity contribution in [3.63, 3.8) is 0 Å². The maximum absolute atomic E-state index is 13.5. The van der Waals surface area contributed by atoms with Crippen LogP contribution in [0.5, 0.6) is 11.5 Å². The molecule has 1 heterocycles. The van der Waals surface area contributed by atoms with E-state index in [1.54, 1.807) is 36.4 Å². The number of rotatable bonds is 6. The fourth-order valence-corrected chi connectivity index (χ4v) is 2.71. The van der Waals surface area contributed by atoms with Crippen molar-refractivity contribution >= 4 is 28.2 Å². The Labute approximate surface area is 152 Å². The first-order valence-corrected chi connectivity index (χ1v) is 8.38. The molecule has 0 atom stereocenters. The molecule has 134 valence electrons. The first-order chi connectivity index (χ1) is 12.7. The number of nitrogens with zero attached hydrogens (tertiary/aromatic N) is 2. The zero-order valence-corrected chi connectivity index (χ0v) is 14.5. The van der Waals surface area contributed by atoms with Crippen LogP contribution in [0.3, 0.4) is 0 Å². The first-order valence-electron chi connectivity index (χ1n) is 7.56. The Balaban J connectivity index is 1.56. The lowest BCUT2D eigenvalue weighted by molar-refractivity contribution is 0.262. The quantitative estimate of drug-likeness (QED) is 0.683. The second-order valence-electron chi connectivity index (χ2n) is 5.00. The van der Waals surface area contributed by atoms with Gasteiger partial charge < -0.3 is 14.8 Å². The van der Waals surface area contributed by atoms with E-state index >= 15 is 0 Å². The lowest BCUT2D eigenvalue weighted by atomic mass is 10.3. The number of aromatic nitrogens is 2. The number of ether oxygens (including phenoxy) is 2. The molecule has 3 aromatic rings. The maximum atomic E-state index is 13.5. The molecule has 0 aliphatic rings. The van der Waals surface area contributed by atoms with E-state index in [-0.39, 0.29) is 12.4 Å². The van der Waals surface area contributed by atoms with Gasteiger partial charge in [0.1, 0.15) is 12.4 Å². The van der Waals surface area contributed by atoms with Crippen LogP contribution in [0.1, 0.15) is 5.01 Å². The van der Waals surface area contributed by atoms with Gasteiger partial charge in [-0.15, -0.1) is 10.2 Å². The van der Waals surface area contributed by atoms with Gasteiger partial charge in [-0.05, 0) is 24.3 Å². The van der Waals surface area contributed by atoms with Gasteiger partial charge in [-0.1, -0.05) is 35.6 Å². The van der Waals surface area contributed by atoms with E-state index in [2.05, 4.69) is 20.8 Å². The Morgan fingerprint density at radius 3 is 2.58 bits per heavy atom. The summed E-state index contributed by atoms with van der Waals surface area (Å²) in [6, 6.07) is 12.6. The minimum absolute atomic E-state index is 0.0500. The number of hydrogen-bond acceptors (Lipinski definition) is 6. The predicted molar refractivity (Wildman–Crippen MR) is 96.3 cm³/mol. The minimum atomic E-state index is -0.479. The number of carbonyl (C=O) groups excluding carboxylic acids is 1. The molecule has 0 radical (unpaired) electrons. The van der Waals surface area contributed by atoms with Crippen molar-refractivity contribution in [1.29, 1.82) is 0 Å². The van der Waals surface area contributed by atoms with Gasteiger partial charge in [0.25, 0.3) is 0 Å². The average Bonchev–Trinajstić information content (AvgIpc) is 3.08. The van der Waals surface area contributed by atoms with E-state index in [4.69, 9.17) is 9.47 Å². The molecule has 0 fully saturated rings. The normalized spacial score (nSPS) is 10.2. The number of urea groups is 1. The topological polar surface area (TPSA) is 85.4 Å². The van der Waals surface area contributed by atoms with Gasteiger partial charge in [0.05, 0.1) is 12.8 Å². The molecule has 0 saturated heterocycles. The van der Waals surface area contributed by atoms with Crippen LogP contribution in [-0.2, 0) is 6.61 Å². The third kappa shape index (κ3) is 4.45. The Morgan fingerprint density at radius 2 is 1.81 bits per heavy atom. The fourth-order valence-electron chi connectivity index (χ4n) is 2.06. The van der Waals surface area contributed by atoms with Crippen molar-refractivity contribution < 1.29 is 18.7 Å². The van der Waals surface area contributed by atoms with Gasteiger partial charge >= 0.3 is 6.03 Å². The van der Waals surface area contributed by atoms with Crippen molar-refractivity contribution in [1.82, 2.24) is 10.2 Å². The van der Waals surface area contributed by atoms with Crippen molar-refractivity contribution in [2.75, 3.05) is 17.7 Å². The average molecular weight is 374 g/mol. The molecule has 26 heavy (non-hydrogen) atoms. The molecule has 2 amide bonds. The zero-order chi connectivity index (χ0) is 18.4. The van der Waals surface area contributed by atoms with Crippen molar-refractivity contribution in [3.8, 4) is 11.5 Å². The van der Waals surface area contributed by atoms with Gasteiger partial charge in [-0.3, -0.25) is 5.32 Å². The van der Waals surface area contributed by atoms with E-state index in [0.717, 1.165) is 11.3 Å². The van der Waals surface area contributed by atoms with Gasteiger partial charge in [-0.25, -0.2) is 9.18 Å². The van der Waals surface area contributed by atoms with E-state index in [1.807, 2.05) is 0 Å². The molecular formula is C17H15FN4O3S. The lowest BCUT2D eigenvalue weighted by Gasteiger charge is -2.09. The summed E-state index contributed by atoms with van der Waals surface area (Å²) >= 11 is 1.13. The number of methoxy groups -OCH3 is 1. The number of halogens is 1. The molecule has 0 unspecified atom stereocenters. The molecule has 0 spiro atoms. The fraction of sp³-hybridized carbons (Fsp3) is 0.118. The van der Waals surface area contributed by atoms with Crippen LogP contribution < -0.4 is 20.1 Å². The third-order valence-electron chi connectivity index (χ3n) is 3.23. The molecular weight excluding hydrogens is 359 g/mol. The summed E-state index contributed by atoms with van der Waals surface area (Å²) < 4.78 is 24.0. The van der Waals surface area contributed by atoms with E-state index in [1.165, 1.54) is 19.2 Å². The number of anilines is 2. The molecule has 3 rings (SSSR count). The van der Waals surface area contributed by atoms with Crippen molar-refractivity contribution in [3.05, 3.63) is 59.4 Å². The molecule has 0 bridgehead atoms. The Bertz CT molecular complexity index is 903. The molecule has 0 aliphatic heterocycles. The van der Waals surface area contributed by atoms with Crippen LogP contribution in [0, 0.1) is 5.82 Å². The standard InChI is InChI=1S/C17H15FN4O3S/c1-24-14-9-5-3-7-12(14)19-16(23)20-17-22-21-15(26-17)10-25-13-8-4-2-6-11(13)18/h2-9H,10H2,1H3,(H2,19,20,22,23). The number of carbonyl (C=O) groups is 1. The van der Waals surface area contributed by atoms with Crippen LogP contribution in [0.25, 0.3) is 0 Å². The number of nitrogens with one attached hydrogen (secondary N) is 2. The van der Waals surface area contributed by atoms with E-state index < -0.39 is 11.8 Å². The third-order valence-corrected chi connectivity index (χ3v) is 4.04. The van der Waals surface area contributed by atoms with E-state index in [9.17, 15) is 9.18 Å². The summed E-state index contributed by atoms with van der Waals surface area (Å²) in [5, 5.41) is 13.8. The van der Waals surface area contributed by atoms with Gasteiger partial charge in [-0.2, -0.15) is 0 Å². The monoisotopic (exact) mass is 374 g/mol. The van der Waals surface area contributed by atoms with Crippen LogP contribution in [-0.4, -0.2) is 23.3 Å². The Morgan fingerprint density at radius 1 is 1.08 bits per heavy atom.